The Bertz CT molecular complexity index is 677. The molecule has 1 N–H and O–H groups in total. The summed E-state index contributed by atoms with van der Waals surface area (Å²) in [7, 11) is -3.36. The number of amides is 1. The molecule has 3 rings (SSSR count). The monoisotopic (exact) mass is 382 g/mol. The lowest BCUT2D eigenvalue weighted by Gasteiger charge is -2.22. The quantitative estimate of drug-likeness (QED) is 0.768. The van der Waals surface area contributed by atoms with Gasteiger partial charge in [0.15, 0.2) is 0 Å². The average molecular weight is 383 g/mol. The SMILES string of the molecule is O=C(CSc1ccc(S(=O)(=O)N2CCCC2)cc1)NC1CCCCC1. The third-order valence-corrected chi connectivity index (χ3v) is 7.79. The molecule has 1 aromatic rings. The summed E-state index contributed by atoms with van der Waals surface area (Å²) in [4.78, 5) is 13.3. The summed E-state index contributed by atoms with van der Waals surface area (Å²) in [5.41, 5.74) is 0. The molecule has 2 aliphatic rings. The maximum absolute atomic E-state index is 12.5. The van der Waals surface area contributed by atoms with E-state index in [-0.39, 0.29) is 5.91 Å². The number of thioether (sulfide) groups is 1. The predicted octanol–water partition coefficient (Wildman–Crippen LogP) is 3.01. The number of carbonyl (C=O) groups is 1. The van der Waals surface area contributed by atoms with Crippen molar-refractivity contribution in [1.82, 2.24) is 9.62 Å². The third-order valence-electron chi connectivity index (χ3n) is 4.87. The Morgan fingerprint density at radius 1 is 1.04 bits per heavy atom. The molecule has 7 heteroatoms. The van der Waals surface area contributed by atoms with E-state index in [9.17, 15) is 13.2 Å². The maximum Gasteiger partial charge on any atom is 0.243 e. The fraction of sp³-hybridized carbons (Fsp3) is 0.611. The number of benzene rings is 1. The summed E-state index contributed by atoms with van der Waals surface area (Å²) in [5, 5.41) is 3.10. The molecular formula is C18H26N2O3S2. The molecule has 0 spiro atoms. The Hall–Kier alpha value is -1.05. The van der Waals surface area contributed by atoms with Crippen molar-refractivity contribution in [3.05, 3.63) is 24.3 Å². The summed E-state index contributed by atoms with van der Waals surface area (Å²) in [6, 6.07) is 7.21. The van der Waals surface area contributed by atoms with Crippen molar-refractivity contribution in [3.63, 3.8) is 0 Å². The fourth-order valence-electron chi connectivity index (χ4n) is 3.45. The van der Waals surface area contributed by atoms with E-state index in [4.69, 9.17) is 0 Å². The summed E-state index contributed by atoms with van der Waals surface area (Å²) in [5.74, 6) is 0.431. The van der Waals surface area contributed by atoms with Crippen LogP contribution in [0.3, 0.4) is 0 Å². The number of hydrogen-bond donors (Lipinski definition) is 1. The number of nitrogens with zero attached hydrogens (tertiary/aromatic N) is 1. The van der Waals surface area contributed by atoms with E-state index in [1.165, 1.54) is 31.0 Å². The van der Waals surface area contributed by atoms with Crippen molar-refractivity contribution < 1.29 is 13.2 Å². The van der Waals surface area contributed by atoms with Gasteiger partial charge in [-0.05, 0) is 49.9 Å². The molecule has 1 saturated heterocycles. The largest absolute Gasteiger partial charge is 0.353 e. The van der Waals surface area contributed by atoms with Crippen LogP contribution in [-0.4, -0.2) is 43.5 Å². The third kappa shape index (κ3) is 4.99. The first kappa shape index (κ1) is 18.7. The van der Waals surface area contributed by atoms with E-state index in [0.717, 1.165) is 30.6 Å². The first-order chi connectivity index (χ1) is 12.1. The Kier molecular flexibility index (Phi) is 6.41. The van der Waals surface area contributed by atoms with Crippen molar-refractivity contribution in [1.29, 1.82) is 0 Å². The molecule has 0 radical (unpaired) electrons. The Balaban J connectivity index is 1.51. The van der Waals surface area contributed by atoms with Gasteiger partial charge in [0.2, 0.25) is 15.9 Å². The van der Waals surface area contributed by atoms with Gasteiger partial charge in [0.05, 0.1) is 10.6 Å². The summed E-state index contributed by atoms with van der Waals surface area (Å²) in [6.45, 7) is 1.22. The molecule has 5 nitrogen and oxygen atoms in total. The van der Waals surface area contributed by atoms with E-state index in [0.29, 0.717) is 29.8 Å². The van der Waals surface area contributed by atoms with Crippen molar-refractivity contribution in [2.75, 3.05) is 18.8 Å². The van der Waals surface area contributed by atoms with Gasteiger partial charge >= 0.3 is 0 Å². The Morgan fingerprint density at radius 2 is 1.68 bits per heavy atom. The predicted molar refractivity (Wildman–Crippen MR) is 100 cm³/mol. The van der Waals surface area contributed by atoms with Crippen molar-refractivity contribution >= 4 is 27.7 Å². The summed E-state index contributed by atoms with van der Waals surface area (Å²) < 4.78 is 26.5. The standard InChI is InChI=1S/C18H26N2O3S2/c21-18(19-15-6-2-1-3-7-15)14-24-16-8-10-17(11-9-16)25(22,23)20-12-4-5-13-20/h8-11,15H,1-7,12-14H2,(H,19,21). The molecule has 0 aromatic heterocycles. The molecule has 1 aliphatic heterocycles. The highest BCUT2D eigenvalue weighted by Crippen LogP contribution is 2.24. The number of hydrogen-bond acceptors (Lipinski definition) is 4. The van der Waals surface area contributed by atoms with Crippen LogP contribution in [0.1, 0.15) is 44.9 Å². The Labute approximate surface area is 154 Å². The lowest BCUT2D eigenvalue weighted by Crippen LogP contribution is -2.37. The minimum Gasteiger partial charge on any atom is -0.353 e. The van der Waals surface area contributed by atoms with Gasteiger partial charge in [-0.1, -0.05) is 19.3 Å². The molecule has 2 fully saturated rings. The lowest BCUT2D eigenvalue weighted by molar-refractivity contribution is -0.119. The minimum atomic E-state index is -3.36. The molecule has 0 unspecified atom stereocenters. The first-order valence-corrected chi connectivity index (χ1v) is 11.5. The van der Waals surface area contributed by atoms with Crippen LogP contribution in [0.2, 0.25) is 0 Å². The topological polar surface area (TPSA) is 66.5 Å². The van der Waals surface area contributed by atoms with Gasteiger partial charge in [0.1, 0.15) is 0 Å². The summed E-state index contributed by atoms with van der Waals surface area (Å²) in [6.07, 6.45) is 7.70. The molecule has 1 amide bonds. The zero-order valence-electron chi connectivity index (χ0n) is 14.4. The second-order valence-electron chi connectivity index (χ2n) is 6.77. The van der Waals surface area contributed by atoms with Crippen LogP contribution >= 0.6 is 11.8 Å². The Morgan fingerprint density at radius 3 is 2.32 bits per heavy atom. The maximum atomic E-state index is 12.5. The van der Waals surface area contributed by atoms with Gasteiger partial charge in [-0.15, -0.1) is 11.8 Å². The van der Waals surface area contributed by atoms with E-state index < -0.39 is 10.0 Å². The molecule has 0 bridgehead atoms. The highest BCUT2D eigenvalue weighted by molar-refractivity contribution is 8.00. The zero-order chi connectivity index (χ0) is 17.7. The van der Waals surface area contributed by atoms with Crippen LogP contribution < -0.4 is 5.32 Å². The second-order valence-corrected chi connectivity index (χ2v) is 9.76. The van der Waals surface area contributed by atoms with Gasteiger partial charge < -0.3 is 5.32 Å². The number of rotatable bonds is 6. The van der Waals surface area contributed by atoms with E-state index in [1.54, 1.807) is 28.6 Å². The van der Waals surface area contributed by atoms with Crippen LogP contribution in [0.25, 0.3) is 0 Å². The van der Waals surface area contributed by atoms with E-state index >= 15 is 0 Å². The molecule has 1 aliphatic carbocycles. The normalized spacial score (nSPS) is 19.8. The molecular weight excluding hydrogens is 356 g/mol. The van der Waals surface area contributed by atoms with Gasteiger partial charge in [-0.3, -0.25) is 4.79 Å². The highest BCUT2D eigenvalue weighted by Gasteiger charge is 2.26. The van der Waals surface area contributed by atoms with Crippen LogP contribution in [0.4, 0.5) is 0 Å². The van der Waals surface area contributed by atoms with Crippen LogP contribution in [0, 0.1) is 0 Å². The molecule has 25 heavy (non-hydrogen) atoms. The number of sulfonamides is 1. The zero-order valence-corrected chi connectivity index (χ0v) is 16.1. The average Bonchev–Trinajstić information content (AvgIpc) is 3.17. The smallest absolute Gasteiger partial charge is 0.243 e. The van der Waals surface area contributed by atoms with Gasteiger partial charge in [0.25, 0.3) is 0 Å². The van der Waals surface area contributed by atoms with Crippen LogP contribution in [0.15, 0.2) is 34.1 Å². The van der Waals surface area contributed by atoms with Crippen molar-refractivity contribution in [3.8, 4) is 0 Å². The molecule has 1 saturated carbocycles. The molecule has 0 atom stereocenters. The van der Waals surface area contributed by atoms with Crippen molar-refractivity contribution in [2.24, 2.45) is 0 Å². The fourth-order valence-corrected chi connectivity index (χ4v) is 5.68. The second kappa shape index (κ2) is 8.56. The molecule has 1 heterocycles. The number of carbonyl (C=O) groups excluding carboxylic acids is 1. The van der Waals surface area contributed by atoms with Gasteiger partial charge in [0, 0.05) is 24.0 Å². The van der Waals surface area contributed by atoms with E-state index in [2.05, 4.69) is 5.32 Å². The van der Waals surface area contributed by atoms with Crippen molar-refractivity contribution in [2.45, 2.75) is 60.8 Å². The van der Waals surface area contributed by atoms with Crippen LogP contribution in [0.5, 0.6) is 0 Å². The van der Waals surface area contributed by atoms with Gasteiger partial charge in [-0.25, -0.2) is 8.42 Å². The van der Waals surface area contributed by atoms with E-state index in [1.807, 2.05) is 0 Å². The minimum absolute atomic E-state index is 0.0608. The molecule has 138 valence electrons. The van der Waals surface area contributed by atoms with Gasteiger partial charge in [-0.2, -0.15) is 4.31 Å². The summed E-state index contributed by atoms with van der Waals surface area (Å²) >= 11 is 1.45. The number of nitrogens with one attached hydrogen (secondary N) is 1. The van der Waals surface area contributed by atoms with Crippen LogP contribution in [-0.2, 0) is 14.8 Å². The highest BCUT2D eigenvalue weighted by atomic mass is 32.2. The molecule has 1 aromatic carbocycles. The first-order valence-electron chi connectivity index (χ1n) is 9.08. The lowest BCUT2D eigenvalue weighted by atomic mass is 9.95.